The monoisotopic (exact) mass is 299 g/mol. The van der Waals surface area contributed by atoms with E-state index in [1.54, 1.807) is 30.3 Å². The number of carbonyl (C=O) groups is 1. The van der Waals surface area contributed by atoms with E-state index in [0.717, 1.165) is 0 Å². The van der Waals surface area contributed by atoms with Crippen molar-refractivity contribution in [3.8, 4) is 12.1 Å². The number of anilines is 1. The first kappa shape index (κ1) is 14.8. The van der Waals surface area contributed by atoms with Crippen molar-refractivity contribution in [2.24, 2.45) is 0 Å². The van der Waals surface area contributed by atoms with Crippen molar-refractivity contribution in [2.75, 3.05) is 11.5 Å². The maximum absolute atomic E-state index is 12.6. The van der Waals surface area contributed by atoms with Gasteiger partial charge in [-0.25, -0.2) is 0 Å². The van der Waals surface area contributed by atoms with Gasteiger partial charge in [-0.2, -0.15) is 10.5 Å². The van der Waals surface area contributed by atoms with Gasteiger partial charge >= 0.3 is 0 Å². The number of halogens is 1. The molecule has 1 aliphatic rings. The van der Waals surface area contributed by atoms with Gasteiger partial charge in [-0.1, -0.05) is 23.7 Å². The number of aliphatic hydroxyl groups is 1. The third-order valence-corrected chi connectivity index (χ3v) is 3.42. The van der Waals surface area contributed by atoms with Crippen molar-refractivity contribution in [3.05, 3.63) is 47.0 Å². The number of fused-ring (bicyclic) bond motifs is 1. The van der Waals surface area contributed by atoms with E-state index >= 15 is 0 Å². The quantitative estimate of drug-likeness (QED) is 0.525. The van der Waals surface area contributed by atoms with E-state index in [4.69, 9.17) is 22.1 Å². The average Bonchev–Trinajstić information content (AvgIpc) is 2.76. The number of benzene rings is 1. The predicted molar refractivity (Wildman–Crippen MR) is 78.2 cm³/mol. The smallest absolute Gasteiger partial charge is 0.261 e. The highest BCUT2D eigenvalue weighted by Gasteiger charge is 2.38. The number of hydrogen-bond acceptors (Lipinski definition) is 4. The Morgan fingerprint density at radius 3 is 2.67 bits per heavy atom. The van der Waals surface area contributed by atoms with Crippen LogP contribution in [0.2, 0.25) is 5.02 Å². The van der Waals surface area contributed by atoms with Gasteiger partial charge in [-0.15, -0.1) is 6.58 Å². The van der Waals surface area contributed by atoms with Crippen molar-refractivity contribution in [1.82, 2.24) is 0 Å². The molecule has 5 nitrogen and oxygen atoms in total. The average molecular weight is 300 g/mol. The third-order valence-electron chi connectivity index (χ3n) is 3.19. The van der Waals surface area contributed by atoms with Crippen LogP contribution in [0.15, 0.2) is 36.4 Å². The predicted octanol–water partition coefficient (Wildman–Crippen LogP) is 2.03. The Labute approximate surface area is 126 Å². The molecule has 2 rings (SSSR count). The zero-order valence-corrected chi connectivity index (χ0v) is 11.6. The zero-order chi connectivity index (χ0) is 15.6. The highest BCUT2D eigenvalue weighted by Crippen LogP contribution is 2.41. The summed E-state index contributed by atoms with van der Waals surface area (Å²) in [6.45, 7) is 3.25. The summed E-state index contributed by atoms with van der Waals surface area (Å²) in [7, 11) is 0. The van der Waals surface area contributed by atoms with E-state index in [9.17, 15) is 9.90 Å². The van der Waals surface area contributed by atoms with Crippen LogP contribution in [0.1, 0.15) is 5.56 Å². The van der Waals surface area contributed by atoms with E-state index in [-0.39, 0.29) is 17.8 Å². The van der Waals surface area contributed by atoms with Gasteiger partial charge in [0.2, 0.25) is 0 Å². The van der Waals surface area contributed by atoms with E-state index in [1.165, 1.54) is 11.0 Å². The molecule has 1 aromatic rings. The molecule has 0 aromatic heterocycles. The largest absolute Gasteiger partial charge is 0.394 e. The molecule has 0 fully saturated rings. The normalized spacial score (nSPS) is 14.2. The van der Waals surface area contributed by atoms with Gasteiger partial charge in [0.1, 0.15) is 17.7 Å². The van der Waals surface area contributed by atoms with Crippen LogP contribution in [0.3, 0.4) is 0 Å². The molecule has 0 bridgehead atoms. The lowest BCUT2D eigenvalue weighted by molar-refractivity contribution is -0.113. The number of nitrogens with zero attached hydrogens (tertiary/aromatic N) is 3. The molecule has 21 heavy (non-hydrogen) atoms. The Morgan fingerprint density at radius 1 is 1.48 bits per heavy atom. The standard InChI is InChI=1S/C15H10ClN3O2/c1-2-11(8-20)19-13-5-10(16)3-4-12(13)14(15(19)21)9(6-17)7-18/h2-5,11,20H,1,8H2/t11-/m0/s1. The molecule has 0 aliphatic carbocycles. The number of aliphatic hydroxyl groups excluding tert-OH is 1. The SMILES string of the molecule is C=C[C@@H](CO)N1C(=O)C(=C(C#N)C#N)c2ccc(Cl)cc21. The van der Waals surface area contributed by atoms with Gasteiger partial charge in [0.15, 0.2) is 0 Å². The number of nitriles is 2. The first-order valence-electron chi connectivity index (χ1n) is 6.00. The maximum Gasteiger partial charge on any atom is 0.261 e. The van der Waals surface area contributed by atoms with Gasteiger partial charge < -0.3 is 5.11 Å². The van der Waals surface area contributed by atoms with E-state index in [0.29, 0.717) is 16.3 Å². The van der Waals surface area contributed by atoms with Crippen LogP contribution in [0, 0.1) is 22.7 Å². The van der Waals surface area contributed by atoms with Crippen molar-refractivity contribution >= 4 is 28.8 Å². The van der Waals surface area contributed by atoms with E-state index < -0.39 is 11.9 Å². The fourth-order valence-electron chi connectivity index (χ4n) is 2.23. The van der Waals surface area contributed by atoms with Gasteiger partial charge in [0, 0.05) is 10.6 Å². The fourth-order valence-corrected chi connectivity index (χ4v) is 2.40. The molecule has 1 amide bonds. The molecule has 0 spiro atoms. The summed E-state index contributed by atoms with van der Waals surface area (Å²) < 4.78 is 0. The molecule has 0 radical (unpaired) electrons. The summed E-state index contributed by atoms with van der Waals surface area (Å²) in [4.78, 5) is 13.8. The highest BCUT2D eigenvalue weighted by atomic mass is 35.5. The fraction of sp³-hybridized carbons (Fsp3) is 0.133. The van der Waals surface area contributed by atoms with Crippen molar-refractivity contribution < 1.29 is 9.90 Å². The van der Waals surface area contributed by atoms with Crippen LogP contribution in [0.4, 0.5) is 5.69 Å². The number of rotatable bonds is 3. The number of carbonyl (C=O) groups excluding carboxylic acids is 1. The van der Waals surface area contributed by atoms with Crippen molar-refractivity contribution in [3.63, 3.8) is 0 Å². The van der Waals surface area contributed by atoms with Crippen LogP contribution in [0.5, 0.6) is 0 Å². The summed E-state index contributed by atoms with van der Waals surface area (Å²) in [5.74, 6) is -0.524. The molecule has 1 N–H and O–H groups in total. The van der Waals surface area contributed by atoms with E-state index in [2.05, 4.69) is 6.58 Å². The van der Waals surface area contributed by atoms with Gasteiger partial charge in [0.05, 0.1) is 23.9 Å². The third kappa shape index (κ3) is 2.30. The number of hydrogen-bond donors (Lipinski definition) is 1. The van der Waals surface area contributed by atoms with Gasteiger partial charge in [-0.3, -0.25) is 9.69 Å². The summed E-state index contributed by atoms with van der Waals surface area (Å²) in [6.07, 6.45) is 1.42. The summed E-state index contributed by atoms with van der Waals surface area (Å²) in [6, 6.07) is 7.50. The molecule has 6 heteroatoms. The second-order valence-corrected chi connectivity index (χ2v) is 4.73. The van der Waals surface area contributed by atoms with Crippen LogP contribution in [0.25, 0.3) is 5.57 Å². The molecule has 1 heterocycles. The lowest BCUT2D eigenvalue weighted by atomic mass is 10.0. The molecule has 1 aromatic carbocycles. The second kappa shape index (κ2) is 5.80. The molecule has 0 saturated carbocycles. The molecule has 0 saturated heterocycles. The zero-order valence-electron chi connectivity index (χ0n) is 10.9. The Hall–Kier alpha value is -2.60. The Bertz CT molecular complexity index is 724. The Balaban J connectivity index is 2.77. The van der Waals surface area contributed by atoms with Crippen molar-refractivity contribution in [1.29, 1.82) is 10.5 Å². The minimum absolute atomic E-state index is 0.0203. The molecular weight excluding hydrogens is 290 g/mol. The molecule has 1 aliphatic heterocycles. The molecule has 0 unspecified atom stereocenters. The Morgan fingerprint density at radius 2 is 2.14 bits per heavy atom. The van der Waals surface area contributed by atoms with E-state index in [1.807, 2.05) is 0 Å². The van der Waals surface area contributed by atoms with Crippen LogP contribution < -0.4 is 4.90 Å². The first-order chi connectivity index (χ1) is 10.1. The molecular formula is C15H10ClN3O2. The lowest BCUT2D eigenvalue weighted by Gasteiger charge is -2.24. The van der Waals surface area contributed by atoms with Gasteiger partial charge in [0.25, 0.3) is 5.91 Å². The van der Waals surface area contributed by atoms with Crippen LogP contribution >= 0.6 is 11.6 Å². The van der Waals surface area contributed by atoms with Crippen LogP contribution in [-0.4, -0.2) is 23.7 Å². The van der Waals surface area contributed by atoms with Gasteiger partial charge in [-0.05, 0) is 12.1 Å². The van der Waals surface area contributed by atoms with Crippen molar-refractivity contribution in [2.45, 2.75) is 6.04 Å². The van der Waals surface area contributed by atoms with Crippen LogP contribution in [-0.2, 0) is 4.79 Å². The minimum Gasteiger partial charge on any atom is -0.394 e. The summed E-state index contributed by atoms with van der Waals surface area (Å²) in [5, 5.41) is 27.9. The number of amides is 1. The molecule has 104 valence electrons. The molecule has 1 atom stereocenters. The first-order valence-corrected chi connectivity index (χ1v) is 6.38. The minimum atomic E-state index is -0.661. The summed E-state index contributed by atoms with van der Waals surface area (Å²) >= 11 is 5.95. The topological polar surface area (TPSA) is 88.1 Å². The lowest BCUT2D eigenvalue weighted by Crippen LogP contribution is -2.38. The Kier molecular flexibility index (Phi) is 4.09. The second-order valence-electron chi connectivity index (χ2n) is 4.30. The summed E-state index contributed by atoms with van der Waals surface area (Å²) in [5.41, 5.74) is 0.644. The number of allylic oxidation sites excluding steroid dienone is 1. The highest BCUT2D eigenvalue weighted by molar-refractivity contribution is 6.36. The maximum atomic E-state index is 12.6.